The summed E-state index contributed by atoms with van der Waals surface area (Å²) in [6.07, 6.45) is 0.885. The summed E-state index contributed by atoms with van der Waals surface area (Å²) < 4.78 is 79.5. The SMILES string of the molecule is O=C1C2CC=C3C(CC4(Cl)C(=O)N(c5c(F)c(F)c(F)c(F)c5F)C(=O)C4(Cl)C3c3ccc4ccccc4c3O)C2C(=O)N1c1ccc(N2CCOCC2)cc1. The Balaban J connectivity index is 1.19. The van der Waals surface area contributed by atoms with E-state index in [1.807, 2.05) is 0 Å². The first-order valence-corrected chi connectivity index (χ1v) is 18.5. The Hall–Kier alpha value is -5.05. The van der Waals surface area contributed by atoms with Gasteiger partial charge in [0.1, 0.15) is 11.4 Å². The van der Waals surface area contributed by atoms with E-state index in [0.717, 1.165) is 10.6 Å². The molecule has 5 aliphatic rings. The molecule has 1 saturated carbocycles. The monoisotopic (exact) mass is 811 g/mol. The van der Waals surface area contributed by atoms with Gasteiger partial charge in [-0.3, -0.25) is 24.1 Å². The highest BCUT2D eigenvalue weighted by molar-refractivity contribution is 6.58. The number of amides is 4. The Morgan fingerprint density at radius 1 is 0.714 bits per heavy atom. The number of aromatic hydroxyl groups is 1. The Morgan fingerprint density at radius 2 is 1.34 bits per heavy atom. The number of imide groups is 2. The number of carbonyl (C=O) groups excluding carboxylic acids is 4. The Labute approximate surface area is 324 Å². The number of ether oxygens (including phenoxy) is 1. The van der Waals surface area contributed by atoms with Crippen LogP contribution in [0.25, 0.3) is 10.8 Å². The molecule has 56 heavy (non-hydrogen) atoms. The van der Waals surface area contributed by atoms with E-state index in [-0.39, 0.29) is 33.5 Å². The number of halogens is 7. The van der Waals surface area contributed by atoms with Gasteiger partial charge in [0.2, 0.25) is 17.6 Å². The number of hydrogen-bond acceptors (Lipinski definition) is 7. The van der Waals surface area contributed by atoms with Gasteiger partial charge >= 0.3 is 0 Å². The van der Waals surface area contributed by atoms with Crippen LogP contribution in [0.5, 0.6) is 5.75 Å². The van der Waals surface area contributed by atoms with Crippen LogP contribution in [-0.2, 0) is 23.9 Å². The van der Waals surface area contributed by atoms with Crippen molar-refractivity contribution in [1.82, 2.24) is 0 Å². The number of phenolic OH excluding ortho intramolecular Hbond substituents is 1. The highest BCUT2D eigenvalue weighted by Crippen LogP contribution is 2.67. The van der Waals surface area contributed by atoms with Crippen LogP contribution >= 0.6 is 23.2 Å². The smallest absolute Gasteiger partial charge is 0.258 e. The molecule has 4 fully saturated rings. The zero-order valence-corrected chi connectivity index (χ0v) is 30.4. The minimum Gasteiger partial charge on any atom is -0.507 e. The van der Waals surface area contributed by atoms with E-state index in [0.29, 0.717) is 31.7 Å². The molecule has 4 aromatic rings. The van der Waals surface area contributed by atoms with Crippen LogP contribution in [0.2, 0.25) is 0 Å². The van der Waals surface area contributed by atoms with Gasteiger partial charge in [-0.05, 0) is 48.4 Å². The number of benzene rings is 4. The summed E-state index contributed by atoms with van der Waals surface area (Å²) in [5, 5.41) is 12.6. The number of nitrogens with zero attached hydrogens (tertiary/aromatic N) is 3. The van der Waals surface area contributed by atoms with E-state index in [2.05, 4.69) is 4.90 Å². The van der Waals surface area contributed by atoms with E-state index in [1.165, 1.54) is 6.07 Å². The first-order chi connectivity index (χ1) is 26.7. The second kappa shape index (κ2) is 12.7. The Morgan fingerprint density at radius 3 is 2.02 bits per heavy atom. The molecule has 9 rings (SSSR count). The lowest BCUT2D eigenvalue weighted by Gasteiger charge is -2.50. The summed E-state index contributed by atoms with van der Waals surface area (Å²) in [6, 6.07) is 16.4. The van der Waals surface area contributed by atoms with E-state index in [1.54, 1.807) is 60.7 Å². The largest absolute Gasteiger partial charge is 0.507 e. The van der Waals surface area contributed by atoms with Gasteiger partial charge in [0, 0.05) is 35.6 Å². The quantitative estimate of drug-likeness (QED) is 0.0601. The molecule has 0 bridgehead atoms. The lowest BCUT2D eigenvalue weighted by atomic mass is 9.56. The van der Waals surface area contributed by atoms with Crippen LogP contribution in [0.3, 0.4) is 0 Å². The van der Waals surface area contributed by atoms with Crippen molar-refractivity contribution in [3.63, 3.8) is 0 Å². The number of alkyl halides is 2. The molecule has 0 spiro atoms. The highest BCUT2D eigenvalue weighted by atomic mass is 35.5. The fourth-order valence-corrected chi connectivity index (χ4v) is 10.2. The number of phenols is 1. The van der Waals surface area contributed by atoms with Gasteiger partial charge in [-0.15, -0.1) is 23.2 Å². The maximum atomic E-state index is 15.4. The summed E-state index contributed by atoms with van der Waals surface area (Å²) in [6.45, 7) is 2.39. The van der Waals surface area contributed by atoms with Crippen LogP contribution < -0.4 is 14.7 Å². The van der Waals surface area contributed by atoms with Gasteiger partial charge < -0.3 is 14.7 Å². The maximum absolute atomic E-state index is 15.4. The average Bonchev–Trinajstić information content (AvgIpc) is 3.55. The molecule has 288 valence electrons. The Bertz CT molecular complexity index is 2430. The van der Waals surface area contributed by atoms with Gasteiger partial charge in [0.05, 0.1) is 30.7 Å². The van der Waals surface area contributed by atoms with Crippen molar-refractivity contribution < 1.29 is 51.0 Å². The van der Waals surface area contributed by atoms with Crippen LogP contribution in [0.1, 0.15) is 24.3 Å². The van der Waals surface area contributed by atoms with Gasteiger partial charge in [-0.1, -0.05) is 48.0 Å². The van der Waals surface area contributed by atoms with E-state index >= 15 is 8.78 Å². The lowest BCUT2D eigenvalue weighted by molar-refractivity contribution is -0.125. The third-order valence-corrected chi connectivity index (χ3v) is 13.4. The summed E-state index contributed by atoms with van der Waals surface area (Å²) in [5.74, 6) is -22.0. The molecule has 16 heteroatoms. The highest BCUT2D eigenvalue weighted by Gasteiger charge is 2.77. The van der Waals surface area contributed by atoms with Crippen molar-refractivity contribution in [2.45, 2.75) is 28.5 Å². The third-order valence-electron chi connectivity index (χ3n) is 11.9. The molecule has 6 atom stereocenters. The predicted octanol–water partition coefficient (Wildman–Crippen LogP) is 6.85. The van der Waals surface area contributed by atoms with E-state index in [9.17, 15) is 37.5 Å². The molecule has 9 nitrogen and oxygen atoms in total. The van der Waals surface area contributed by atoms with E-state index in [4.69, 9.17) is 27.9 Å². The molecule has 6 unspecified atom stereocenters. The number of anilines is 3. The molecule has 4 amide bonds. The van der Waals surface area contributed by atoms with Crippen molar-refractivity contribution in [3.8, 4) is 5.75 Å². The minimum atomic E-state index is -2.76. The van der Waals surface area contributed by atoms with Crippen molar-refractivity contribution in [2.75, 3.05) is 41.0 Å². The molecule has 0 radical (unpaired) electrons. The summed E-state index contributed by atoms with van der Waals surface area (Å²) in [7, 11) is 0. The topological polar surface area (TPSA) is 107 Å². The molecular weight excluding hydrogens is 784 g/mol. The molecule has 0 aromatic heterocycles. The first kappa shape index (κ1) is 36.6. The summed E-state index contributed by atoms with van der Waals surface area (Å²) in [5.41, 5.74) is -0.571. The zero-order chi connectivity index (χ0) is 39.6. The van der Waals surface area contributed by atoms with Crippen molar-refractivity contribution in [2.24, 2.45) is 17.8 Å². The van der Waals surface area contributed by atoms with Gasteiger partial charge in [-0.2, -0.15) is 0 Å². The normalized spacial score (nSPS) is 28.8. The van der Waals surface area contributed by atoms with Gasteiger partial charge in [-0.25, -0.2) is 26.9 Å². The molecule has 3 aliphatic heterocycles. The second-order valence-corrected chi connectivity index (χ2v) is 15.8. The molecule has 3 heterocycles. The summed E-state index contributed by atoms with van der Waals surface area (Å²) >= 11 is 14.5. The zero-order valence-electron chi connectivity index (χ0n) is 28.9. The maximum Gasteiger partial charge on any atom is 0.258 e. The van der Waals surface area contributed by atoms with Crippen molar-refractivity contribution >= 4 is 74.7 Å². The number of hydrogen-bond donors (Lipinski definition) is 1. The summed E-state index contributed by atoms with van der Waals surface area (Å²) in [4.78, 5) is 55.1. The molecular formula is C40H28Cl2F5N3O6. The average molecular weight is 813 g/mol. The fourth-order valence-electron chi connectivity index (χ4n) is 9.31. The standard InChI is InChI=1S/C40H28Cl2F5N3O6/c41-39-17-25-22(11-12-23-26(25)36(53)49(35(23)52)20-8-6-19(7-9-20)48-13-15-56-16-14-48)27(24-10-5-18-3-1-2-4-21(18)34(24)51)40(39,42)38(55)50(37(39)54)33-31(46)29(44)28(43)30(45)32(33)47/h1-11,23,25-27,51H,12-17H2. The van der Waals surface area contributed by atoms with Crippen molar-refractivity contribution in [1.29, 1.82) is 0 Å². The van der Waals surface area contributed by atoms with Crippen LogP contribution in [0.15, 0.2) is 72.3 Å². The predicted molar refractivity (Wildman–Crippen MR) is 194 cm³/mol. The van der Waals surface area contributed by atoms with E-state index < -0.39 is 104 Å². The van der Waals surface area contributed by atoms with Crippen LogP contribution in [-0.4, -0.2) is 64.8 Å². The molecule has 1 N–H and O–H groups in total. The first-order valence-electron chi connectivity index (χ1n) is 17.7. The van der Waals surface area contributed by atoms with Gasteiger partial charge in [0.25, 0.3) is 11.8 Å². The number of morpholine rings is 1. The molecule has 4 aromatic carbocycles. The van der Waals surface area contributed by atoms with Crippen LogP contribution in [0, 0.1) is 46.8 Å². The van der Waals surface area contributed by atoms with Crippen LogP contribution in [0.4, 0.5) is 39.0 Å². The van der Waals surface area contributed by atoms with Gasteiger partial charge in [0.15, 0.2) is 33.0 Å². The minimum absolute atomic E-state index is 0.0416. The number of allylic oxidation sites excluding steroid dienone is 2. The Kier molecular flexibility index (Phi) is 8.32. The number of fused-ring (bicyclic) bond motifs is 5. The number of rotatable bonds is 4. The lowest BCUT2D eigenvalue weighted by Crippen LogP contribution is -2.60. The molecule has 3 saturated heterocycles. The van der Waals surface area contributed by atoms with Crippen molar-refractivity contribution in [3.05, 3.63) is 107 Å². The second-order valence-electron chi connectivity index (χ2n) is 14.5. The third kappa shape index (κ3) is 4.75. The molecule has 2 aliphatic carbocycles. The fraction of sp³-hybridized carbons (Fsp3) is 0.300. The number of carbonyl (C=O) groups is 4.